The molecule has 2 aromatic rings. The number of anilines is 2. The molecule has 0 aromatic heterocycles. The van der Waals surface area contributed by atoms with E-state index in [9.17, 15) is 19.7 Å². The Kier molecular flexibility index (Phi) is 7.66. The number of esters is 1. The summed E-state index contributed by atoms with van der Waals surface area (Å²) in [5.41, 5.74) is 1.43. The summed E-state index contributed by atoms with van der Waals surface area (Å²) in [6.45, 7) is 3.96. The predicted molar refractivity (Wildman–Crippen MR) is 128 cm³/mol. The summed E-state index contributed by atoms with van der Waals surface area (Å²) in [6, 6.07) is 11.8. The van der Waals surface area contributed by atoms with Gasteiger partial charge in [0, 0.05) is 57.1 Å². The van der Waals surface area contributed by atoms with Crippen molar-refractivity contribution in [1.29, 1.82) is 0 Å². The zero-order valence-electron chi connectivity index (χ0n) is 19.6. The lowest BCUT2D eigenvalue weighted by atomic mass is 10.1. The number of carbonyl (C=O) groups excluding carboxylic acids is 2. The molecule has 0 radical (unpaired) electrons. The van der Waals surface area contributed by atoms with Crippen LogP contribution in [-0.2, 0) is 14.3 Å². The lowest BCUT2D eigenvalue weighted by Gasteiger charge is -2.36. The molecule has 0 N–H and O–H groups in total. The van der Waals surface area contributed by atoms with Gasteiger partial charge in [0.05, 0.1) is 36.5 Å². The maximum absolute atomic E-state index is 12.9. The minimum atomic E-state index is -0.764. The highest BCUT2D eigenvalue weighted by Gasteiger charge is 2.26. The minimum absolute atomic E-state index is 0.0678. The van der Waals surface area contributed by atoms with E-state index in [1.54, 1.807) is 18.1 Å². The van der Waals surface area contributed by atoms with Gasteiger partial charge in [-0.1, -0.05) is 0 Å². The Bertz CT molecular complexity index is 1060. The molecule has 11 heteroatoms. The molecular formula is C24H28N4O7. The Balaban J connectivity index is 1.35. The van der Waals surface area contributed by atoms with E-state index < -0.39 is 17.5 Å². The van der Waals surface area contributed by atoms with E-state index in [1.165, 1.54) is 12.1 Å². The molecule has 0 saturated carbocycles. The van der Waals surface area contributed by atoms with Gasteiger partial charge in [0.1, 0.15) is 5.75 Å². The molecule has 0 unspecified atom stereocenters. The first-order valence-electron chi connectivity index (χ1n) is 11.4. The Hall–Kier alpha value is -3.86. The third kappa shape index (κ3) is 5.80. The number of piperazine rings is 1. The van der Waals surface area contributed by atoms with E-state index in [-0.39, 0.29) is 17.2 Å². The van der Waals surface area contributed by atoms with Crippen LogP contribution in [0, 0.1) is 10.1 Å². The zero-order valence-corrected chi connectivity index (χ0v) is 19.6. The highest BCUT2D eigenvalue weighted by Crippen LogP contribution is 2.27. The zero-order chi connectivity index (χ0) is 24.8. The molecule has 2 aliphatic rings. The van der Waals surface area contributed by atoms with E-state index in [4.69, 9.17) is 14.2 Å². The first-order chi connectivity index (χ1) is 17.0. The number of methoxy groups -OCH3 is 1. The van der Waals surface area contributed by atoms with Crippen molar-refractivity contribution in [2.75, 3.05) is 76.0 Å². The van der Waals surface area contributed by atoms with Gasteiger partial charge in [0.15, 0.2) is 6.61 Å². The molecule has 11 nitrogen and oxygen atoms in total. The molecule has 2 aliphatic heterocycles. The van der Waals surface area contributed by atoms with Crippen LogP contribution >= 0.6 is 0 Å². The Labute approximate surface area is 202 Å². The number of amides is 1. The Morgan fingerprint density at radius 3 is 2.29 bits per heavy atom. The molecule has 2 heterocycles. The smallest absolute Gasteiger partial charge is 0.341 e. The van der Waals surface area contributed by atoms with Crippen molar-refractivity contribution in [2.45, 2.75) is 0 Å². The monoisotopic (exact) mass is 484 g/mol. The fourth-order valence-electron chi connectivity index (χ4n) is 4.18. The number of morpholine rings is 1. The van der Waals surface area contributed by atoms with Crippen molar-refractivity contribution in [3.63, 3.8) is 0 Å². The number of hydrogen-bond acceptors (Lipinski definition) is 9. The summed E-state index contributed by atoms with van der Waals surface area (Å²) in [6.07, 6.45) is 0. The standard InChI is InChI=1S/C24H28N4O7/c1-33-20-5-2-18(3-6-20)25-8-10-27(11-9-25)23(29)17-35-24(30)21-16-19(28(31)32)4-7-22(21)26-12-14-34-15-13-26/h2-7,16H,8-15,17H2,1H3. The number of benzene rings is 2. The van der Waals surface area contributed by atoms with Crippen molar-refractivity contribution in [3.05, 3.63) is 58.1 Å². The van der Waals surface area contributed by atoms with Gasteiger partial charge in [0.25, 0.3) is 11.6 Å². The molecule has 2 fully saturated rings. The second-order valence-corrected chi connectivity index (χ2v) is 8.20. The van der Waals surface area contributed by atoms with Crippen LogP contribution in [0.15, 0.2) is 42.5 Å². The van der Waals surface area contributed by atoms with Gasteiger partial charge < -0.3 is 28.9 Å². The maximum Gasteiger partial charge on any atom is 0.341 e. The van der Waals surface area contributed by atoms with E-state index >= 15 is 0 Å². The number of rotatable bonds is 7. The van der Waals surface area contributed by atoms with Gasteiger partial charge in [-0.25, -0.2) is 4.79 Å². The first-order valence-corrected chi connectivity index (χ1v) is 11.4. The Morgan fingerprint density at radius 2 is 1.66 bits per heavy atom. The first kappa shape index (κ1) is 24.3. The fraction of sp³-hybridized carbons (Fsp3) is 0.417. The number of carbonyl (C=O) groups is 2. The number of nitro benzene ring substituents is 1. The summed E-state index contributed by atoms with van der Waals surface area (Å²) >= 11 is 0. The normalized spacial score (nSPS) is 16.1. The van der Waals surface area contributed by atoms with E-state index in [0.29, 0.717) is 58.2 Å². The average molecular weight is 485 g/mol. The van der Waals surface area contributed by atoms with Crippen LogP contribution in [0.4, 0.5) is 17.1 Å². The van der Waals surface area contributed by atoms with E-state index in [2.05, 4.69) is 4.90 Å². The molecule has 4 rings (SSSR count). The minimum Gasteiger partial charge on any atom is -0.497 e. The van der Waals surface area contributed by atoms with Crippen LogP contribution in [0.2, 0.25) is 0 Å². The summed E-state index contributed by atoms with van der Waals surface area (Å²) in [5, 5.41) is 11.2. The van der Waals surface area contributed by atoms with E-state index in [1.807, 2.05) is 29.2 Å². The van der Waals surface area contributed by atoms with Crippen molar-refractivity contribution in [3.8, 4) is 5.75 Å². The van der Waals surface area contributed by atoms with Gasteiger partial charge in [-0.3, -0.25) is 14.9 Å². The molecular weight excluding hydrogens is 456 g/mol. The second-order valence-electron chi connectivity index (χ2n) is 8.20. The lowest BCUT2D eigenvalue weighted by molar-refractivity contribution is -0.384. The quantitative estimate of drug-likeness (QED) is 0.330. The fourth-order valence-corrected chi connectivity index (χ4v) is 4.18. The van der Waals surface area contributed by atoms with Crippen LogP contribution in [0.25, 0.3) is 0 Å². The number of nitrogens with zero attached hydrogens (tertiary/aromatic N) is 4. The Morgan fingerprint density at radius 1 is 0.971 bits per heavy atom. The van der Waals surface area contributed by atoms with Gasteiger partial charge in [0.2, 0.25) is 0 Å². The summed E-state index contributed by atoms with van der Waals surface area (Å²) < 4.78 is 15.8. The molecule has 0 atom stereocenters. The lowest BCUT2D eigenvalue weighted by Crippen LogP contribution is -2.49. The van der Waals surface area contributed by atoms with Gasteiger partial charge in [-0.05, 0) is 30.3 Å². The summed E-state index contributed by atoms with van der Waals surface area (Å²) in [7, 11) is 1.62. The number of hydrogen-bond donors (Lipinski definition) is 0. The average Bonchev–Trinajstić information content (AvgIpc) is 2.91. The van der Waals surface area contributed by atoms with Crippen molar-refractivity contribution in [1.82, 2.24) is 4.90 Å². The third-order valence-corrected chi connectivity index (χ3v) is 6.16. The highest BCUT2D eigenvalue weighted by molar-refractivity contribution is 5.97. The molecule has 0 aliphatic carbocycles. The van der Waals surface area contributed by atoms with Crippen LogP contribution in [0.1, 0.15) is 10.4 Å². The molecule has 2 aromatic carbocycles. The topological polar surface area (TPSA) is 115 Å². The van der Waals surface area contributed by atoms with Crippen LogP contribution < -0.4 is 14.5 Å². The molecule has 35 heavy (non-hydrogen) atoms. The summed E-state index contributed by atoms with van der Waals surface area (Å²) in [5.74, 6) is -0.281. The van der Waals surface area contributed by atoms with Crippen molar-refractivity contribution >= 4 is 28.9 Å². The third-order valence-electron chi connectivity index (χ3n) is 6.16. The molecule has 186 valence electrons. The van der Waals surface area contributed by atoms with Crippen LogP contribution in [0.3, 0.4) is 0 Å². The SMILES string of the molecule is COc1ccc(N2CCN(C(=O)COC(=O)c3cc([N+](=O)[O-])ccc3N3CCOCC3)CC2)cc1. The van der Waals surface area contributed by atoms with Gasteiger partial charge in [-0.15, -0.1) is 0 Å². The molecule has 1 amide bonds. The second kappa shape index (κ2) is 11.0. The van der Waals surface area contributed by atoms with Crippen LogP contribution in [0.5, 0.6) is 5.75 Å². The maximum atomic E-state index is 12.9. The van der Waals surface area contributed by atoms with Crippen molar-refractivity contribution < 1.29 is 28.7 Å². The number of nitro groups is 1. The number of ether oxygens (including phenoxy) is 3. The molecule has 2 saturated heterocycles. The molecule has 0 spiro atoms. The van der Waals surface area contributed by atoms with Crippen molar-refractivity contribution in [2.24, 2.45) is 0 Å². The largest absolute Gasteiger partial charge is 0.497 e. The predicted octanol–water partition coefficient (Wildman–Crippen LogP) is 1.95. The van der Waals surface area contributed by atoms with E-state index in [0.717, 1.165) is 11.4 Å². The van der Waals surface area contributed by atoms with Crippen LogP contribution in [-0.4, -0.2) is 87.9 Å². The van der Waals surface area contributed by atoms with Gasteiger partial charge >= 0.3 is 5.97 Å². The van der Waals surface area contributed by atoms with Gasteiger partial charge in [-0.2, -0.15) is 0 Å². The number of non-ortho nitro benzene ring substituents is 1. The molecule has 0 bridgehead atoms. The highest BCUT2D eigenvalue weighted by atomic mass is 16.6. The summed E-state index contributed by atoms with van der Waals surface area (Å²) in [4.78, 5) is 42.0.